The summed E-state index contributed by atoms with van der Waals surface area (Å²) >= 11 is 0. The molecule has 96 valence electrons. The number of amides is 2. The second-order valence-corrected chi connectivity index (χ2v) is 4.38. The first-order chi connectivity index (χ1) is 8.56. The molecule has 2 amide bonds. The lowest BCUT2D eigenvalue weighted by Gasteiger charge is -2.13. The minimum Gasteiger partial charge on any atom is -0.448 e. The first-order valence-corrected chi connectivity index (χ1v) is 5.85. The van der Waals surface area contributed by atoms with Gasteiger partial charge in [0, 0.05) is 5.69 Å². The fourth-order valence-corrected chi connectivity index (χ4v) is 1.76. The van der Waals surface area contributed by atoms with Crippen molar-refractivity contribution in [1.29, 1.82) is 0 Å². The Kier molecular flexibility index (Phi) is 3.50. The van der Waals surface area contributed by atoms with Crippen LogP contribution in [0, 0.1) is 13.8 Å². The first-order valence-electron chi connectivity index (χ1n) is 5.85. The Bertz CT molecular complexity index is 485. The van der Waals surface area contributed by atoms with Crippen molar-refractivity contribution in [3.8, 4) is 0 Å². The van der Waals surface area contributed by atoms with Crippen molar-refractivity contribution in [1.82, 2.24) is 4.90 Å². The van der Waals surface area contributed by atoms with Gasteiger partial charge in [-0.2, -0.15) is 0 Å². The molecular formula is C13H16N2O3. The van der Waals surface area contributed by atoms with E-state index in [1.165, 1.54) is 10.5 Å². The van der Waals surface area contributed by atoms with Crippen LogP contribution in [0.4, 0.5) is 10.5 Å². The van der Waals surface area contributed by atoms with Crippen molar-refractivity contribution >= 4 is 17.7 Å². The number of benzene rings is 1. The molecular weight excluding hydrogens is 232 g/mol. The molecule has 1 aliphatic heterocycles. The number of nitrogens with one attached hydrogen (secondary N) is 1. The molecule has 1 aromatic carbocycles. The zero-order valence-electron chi connectivity index (χ0n) is 10.5. The van der Waals surface area contributed by atoms with Crippen LogP contribution in [0.15, 0.2) is 18.2 Å². The van der Waals surface area contributed by atoms with Crippen LogP contribution in [-0.2, 0) is 9.53 Å². The quantitative estimate of drug-likeness (QED) is 0.885. The van der Waals surface area contributed by atoms with E-state index in [9.17, 15) is 9.59 Å². The Balaban J connectivity index is 1.94. The van der Waals surface area contributed by atoms with Crippen LogP contribution in [0.3, 0.4) is 0 Å². The fourth-order valence-electron chi connectivity index (χ4n) is 1.76. The number of carbonyl (C=O) groups excluding carboxylic acids is 2. The SMILES string of the molecule is Cc1ccc(NC(=O)CN2CCOC2=O)cc1C. The predicted molar refractivity (Wildman–Crippen MR) is 67.5 cm³/mol. The predicted octanol–water partition coefficient (Wildman–Crippen LogP) is 1.69. The molecule has 0 saturated carbocycles. The van der Waals surface area contributed by atoms with Gasteiger partial charge in [0.25, 0.3) is 0 Å². The van der Waals surface area contributed by atoms with Gasteiger partial charge in [0.05, 0.1) is 6.54 Å². The molecule has 1 fully saturated rings. The van der Waals surface area contributed by atoms with E-state index in [-0.39, 0.29) is 12.5 Å². The van der Waals surface area contributed by atoms with E-state index in [1.807, 2.05) is 32.0 Å². The summed E-state index contributed by atoms with van der Waals surface area (Å²) in [5.41, 5.74) is 3.04. The van der Waals surface area contributed by atoms with Crippen LogP contribution in [0.25, 0.3) is 0 Å². The molecule has 0 atom stereocenters. The van der Waals surface area contributed by atoms with Crippen molar-refractivity contribution in [2.75, 3.05) is 25.0 Å². The molecule has 5 heteroatoms. The number of ether oxygens (including phenoxy) is 1. The fraction of sp³-hybridized carbons (Fsp3) is 0.385. The summed E-state index contributed by atoms with van der Waals surface area (Å²) < 4.78 is 4.76. The highest BCUT2D eigenvalue weighted by atomic mass is 16.6. The van der Waals surface area contributed by atoms with Crippen molar-refractivity contribution in [2.24, 2.45) is 0 Å². The molecule has 0 bridgehead atoms. The van der Waals surface area contributed by atoms with E-state index in [1.54, 1.807) is 0 Å². The molecule has 1 N–H and O–H groups in total. The molecule has 1 heterocycles. The number of carbonyl (C=O) groups is 2. The molecule has 0 aliphatic carbocycles. The number of cyclic esters (lactones) is 1. The maximum absolute atomic E-state index is 11.7. The highest BCUT2D eigenvalue weighted by Crippen LogP contribution is 2.14. The average molecular weight is 248 g/mol. The van der Waals surface area contributed by atoms with Crippen LogP contribution >= 0.6 is 0 Å². The highest BCUT2D eigenvalue weighted by Gasteiger charge is 2.23. The summed E-state index contributed by atoms with van der Waals surface area (Å²) in [5, 5.41) is 2.77. The van der Waals surface area contributed by atoms with E-state index in [0.717, 1.165) is 11.3 Å². The Morgan fingerprint density at radius 2 is 2.17 bits per heavy atom. The van der Waals surface area contributed by atoms with E-state index in [2.05, 4.69) is 5.32 Å². The van der Waals surface area contributed by atoms with Crippen molar-refractivity contribution in [3.63, 3.8) is 0 Å². The zero-order chi connectivity index (χ0) is 13.1. The number of rotatable bonds is 3. The standard InChI is InChI=1S/C13H16N2O3/c1-9-3-4-11(7-10(9)2)14-12(16)8-15-5-6-18-13(15)17/h3-4,7H,5-6,8H2,1-2H3,(H,14,16). The Morgan fingerprint density at radius 1 is 1.39 bits per heavy atom. The molecule has 1 saturated heterocycles. The summed E-state index contributed by atoms with van der Waals surface area (Å²) in [5.74, 6) is -0.211. The zero-order valence-corrected chi connectivity index (χ0v) is 10.5. The second-order valence-electron chi connectivity index (χ2n) is 4.38. The molecule has 1 aliphatic rings. The Labute approximate surface area is 106 Å². The van der Waals surface area contributed by atoms with Gasteiger partial charge in [-0.25, -0.2) is 4.79 Å². The maximum Gasteiger partial charge on any atom is 0.410 e. The van der Waals surface area contributed by atoms with Gasteiger partial charge in [0.1, 0.15) is 13.2 Å². The summed E-state index contributed by atoms with van der Waals surface area (Å²) in [6.07, 6.45) is -0.426. The average Bonchev–Trinajstić information content (AvgIpc) is 2.70. The number of hydrogen-bond acceptors (Lipinski definition) is 3. The Morgan fingerprint density at radius 3 is 2.78 bits per heavy atom. The van der Waals surface area contributed by atoms with Crippen LogP contribution in [0.5, 0.6) is 0 Å². The van der Waals surface area contributed by atoms with Crippen LogP contribution in [0.2, 0.25) is 0 Å². The largest absolute Gasteiger partial charge is 0.448 e. The third-order valence-electron chi connectivity index (χ3n) is 2.97. The van der Waals surface area contributed by atoms with Gasteiger partial charge >= 0.3 is 6.09 Å². The lowest BCUT2D eigenvalue weighted by atomic mass is 10.1. The highest BCUT2D eigenvalue weighted by molar-refractivity contribution is 5.94. The monoisotopic (exact) mass is 248 g/mol. The van der Waals surface area contributed by atoms with Crippen LogP contribution < -0.4 is 5.32 Å². The minimum atomic E-state index is -0.426. The topological polar surface area (TPSA) is 58.6 Å². The number of nitrogens with zero attached hydrogens (tertiary/aromatic N) is 1. The second kappa shape index (κ2) is 5.08. The number of anilines is 1. The van der Waals surface area contributed by atoms with Gasteiger partial charge in [-0.05, 0) is 37.1 Å². The summed E-state index contributed by atoms with van der Waals surface area (Å²) in [4.78, 5) is 24.3. The third-order valence-corrected chi connectivity index (χ3v) is 2.97. The van der Waals surface area contributed by atoms with Gasteiger partial charge in [-0.3, -0.25) is 9.69 Å². The van der Waals surface area contributed by atoms with Gasteiger partial charge in [0.2, 0.25) is 5.91 Å². The van der Waals surface area contributed by atoms with Gasteiger partial charge < -0.3 is 10.1 Å². The molecule has 0 unspecified atom stereocenters. The van der Waals surface area contributed by atoms with Crippen molar-refractivity contribution in [3.05, 3.63) is 29.3 Å². The normalized spacial score (nSPS) is 14.6. The number of aryl methyl sites for hydroxylation is 2. The van der Waals surface area contributed by atoms with E-state index in [0.29, 0.717) is 13.2 Å². The summed E-state index contributed by atoms with van der Waals surface area (Å²) in [6.45, 7) is 4.87. The smallest absolute Gasteiger partial charge is 0.410 e. The van der Waals surface area contributed by atoms with Gasteiger partial charge in [-0.1, -0.05) is 6.07 Å². The molecule has 0 aromatic heterocycles. The lowest BCUT2D eigenvalue weighted by Crippen LogP contribution is -2.33. The molecule has 1 aromatic rings. The summed E-state index contributed by atoms with van der Waals surface area (Å²) in [7, 11) is 0. The van der Waals surface area contributed by atoms with E-state index >= 15 is 0 Å². The maximum atomic E-state index is 11.7. The van der Waals surface area contributed by atoms with E-state index < -0.39 is 6.09 Å². The van der Waals surface area contributed by atoms with Crippen LogP contribution in [-0.4, -0.2) is 36.6 Å². The van der Waals surface area contributed by atoms with Gasteiger partial charge in [-0.15, -0.1) is 0 Å². The van der Waals surface area contributed by atoms with Crippen molar-refractivity contribution < 1.29 is 14.3 Å². The van der Waals surface area contributed by atoms with Crippen molar-refractivity contribution in [2.45, 2.75) is 13.8 Å². The van der Waals surface area contributed by atoms with Crippen LogP contribution in [0.1, 0.15) is 11.1 Å². The summed E-state index contributed by atoms with van der Waals surface area (Å²) in [6, 6.07) is 5.72. The molecule has 18 heavy (non-hydrogen) atoms. The Hall–Kier alpha value is -2.04. The number of hydrogen-bond donors (Lipinski definition) is 1. The minimum absolute atomic E-state index is 0.0335. The molecule has 0 spiro atoms. The molecule has 5 nitrogen and oxygen atoms in total. The van der Waals surface area contributed by atoms with E-state index in [4.69, 9.17) is 4.74 Å². The van der Waals surface area contributed by atoms with Gasteiger partial charge in [0.15, 0.2) is 0 Å². The third kappa shape index (κ3) is 2.80. The first kappa shape index (κ1) is 12.4. The molecule has 0 radical (unpaired) electrons. The molecule has 2 rings (SSSR count). The lowest BCUT2D eigenvalue weighted by molar-refractivity contribution is -0.116.